The molecule has 0 radical (unpaired) electrons. The van der Waals surface area contributed by atoms with Crippen LogP contribution >= 0.6 is 11.3 Å². The molecule has 0 aliphatic rings. The molecule has 5 aromatic carbocycles. The first-order valence-corrected chi connectivity index (χ1v) is 13.2. The van der Waals surface area contributed by atoms with Crippen molar-refractivity contribution in [3.63, 3.8) is 0 Å². The summed E-state index contributed by atoms with van der Waals surface area (Å²) in [7, 11) is 0. The van der Waals surface area contributed by atoms with Crippen LogP contribution in [-0.4, -0.2) is 9.97 Å². The Hall–Kier alpha value is -4.60. The third-order valence-electron chi connectivity index (χ3n) is 6.74. The highest BCUT2D eigenvalue weighted by molar-refractivity contribution is 7.25. The molecule has 0 saturated carbocycles. The summed E-state index contributed by atoms with van der Waals surface area (Å²) in [5.74, 6) is 0. The van der Waals surface area contributed by atoms with Crippen LogP contribution in [0.2, 0.25) is 0 Å². The summed E-state index contributed by atoms with van der Waals surface area (Å²) in [4.78, 5) is 11.4. The maximum atomic E-state index is 5.24. The first kappa shape index (κ1) is 21.7. The fourth-order valence-corrected chi connectivity index (χ4v) is 5.85. The molecular weight excluding hydrogens is 468 g/mol. The molecule has 7 aromatic rings. The molecule has 7 rings (SSSR count). The first-order valence-electron chi connectivity index (χ1n) is 12.3. The minimum absolute atomic E-state index is 0.906. The average molecular weight is 491 g/mol. The van der Waals surface area contributed by atoms with Gasteiger partial charge in [0.25, 0.3) is 0 Å². The number of hydrogen-bond acceptors (Lipinski definition) is 3. The van der Waals surface area contributed by atoms with Crippen LogP contribution in [-0.2, 0) is 0 Å². The summed E-state index contributed by atoms with van der Waals surface area (Å²) in [5, 5.41) is 1.16. The van der Waals surface area contributed by atoms with E-state index in [-0.39, 0.29) is 0 Å². The fourth-order valence-electron chi connectivity index (χ4n) is 4.83. The van der Waals surface area contributed by atoms with Gasteiger partial charge in [-0.25, -0.2) is 9.97 Å². The van der Waals surface area contributed by atoms with Crippen molar-refractivity contribution in [3.8, 4) is 44.8 Å². The highest BCUT2D eigenvalue weighted by Crippen LogP contribution is 2.38. The highest BCUT2D eigenvalue weighted by Gasteiger charge is 2.17. The molecule has 0 atom stereocenters. The molecule has 0 saturated heterocycles. The smallest absolute Gasteiger partial charge is 0.143 e. The number of fused-ring (bicyclic) bond motifs is 3. The molecule has 0 N–H and O–H groups in total. The number of hydrogen-bond donors (Lipinski definition) is 0. The number of nitrogens with zero attached hydrogens (tertiary/aromatic N) is 2. The molecule has 0 amide bonds. The lowest BCUT2D eigenvalue weighted by Crippen LogP contribution is -1.94. The molecule has 2 nitrogen and oxygen atoms in total. The second-order valence-corrected chi connectivity index (χ2v) is 10.1. The molecule has 0 unspecified atom stereocenters. The quantitative estimate of drug-likeness (QED) is 0.245. The van der Waals surface area contributed by atoms with Crippen molar-refractivity contribution in [1.82, 2.24) is 9.97 Å². The Balaban J connectivity index is 1.39. The van der Waals surface area contributed by atoms with Crippen LogP contribution in [0, 0.1) is 0 Å². The van der Waals surface area contributed by atoms with E-state index in [1.54, 1.807) is 11.3 Å². The maximum Gasteiger partial charge on any atom is 0.143 e. The third-order valence-corrected chi connectivity index (χ3v) is 7.80. The Labute approximate surface area is 219 Å². The van der Waals surface area contributed by atoms with Gasteiger partial charge in [0.05, 0.1) is 11.4 Å². The fraction of sp³-hybridized carbons (Fsp3) is 0. The minimum Gasteiger partial charge on any atom is -0.242 e. The van der Waals surface area contributed by atoms with E-state index in [1.807, 2.05) is 12.1 Å². The van der Waals surface area contributed by atoms with Crippen molar-refractivity contribution in [1.29, 1.82) is 0 Å². The Morgan fingerprint density at radius 3 is 1.38 bits per heavy atom. The first-order chi connectivity index (χ1) is 18.3. The van der Waals surface area contributed by atoms with Crippen LogP contribution in [0.3, 0.4) is 0 Å². The van der Waals surface area contributed by atoms with Crippen molar-refractivity contribution in [2.75, 3.05) is 0 Å². The van der Waals surface area contributed by atoms with Gasteiger partial charge in [-0.15, -0.1) is 11.3 Å². The maximum absolute atomic E-state index is 5.24. The summed E-state index contributed by atoms with van der Waals surface area (Å²) in [6.45, 7) is 0. The standard InChI is InChI=1S/C34H22N2S/c1-3-9-23(10-4-1)25-15-19-27(20-16-25)31-32(28-21-17-26(18-22-28)24-11-5-2-6-12-24)36-34-33(35-31)29-13-7-8-14-30(29)37-34/h1-22H. The van der Waals surface area contributed by atoms with Gasteiger partial charge in [-0.1, -0.05) is 127 Å². The summed E-state index contributed by atoms with van der Waals surface area (Å²) < 4.78 is 1.21. The van der Waals surface area contributed by atoms with Crippen molar-refractivity contribution in [2.45, 2.75) is 0 Å². The van der Waals surface area contributed by atoms with Crippen molar-refractivity contribution >= 4 is 31.8 Å². The lowest BCUT2D eigenvalue weighted by molar-refractivity contribution is 1.32. The Kier molecular flexibility index (Phi) is 5.34. The van der Waals surface area contributed by atoms with E-state index in [4.69, 9.17) is 9.97 Å². The average Bonchev–Trinajstić information content (AvgIpc) is 3.35. The van der Waals surface area contributed by atoms with Crippen LogP contribution < -0.4 is 0 Å². The highest BCUT2D eigenvalue weighted by atomic mass is 32.1. The molecule has 2 aromatic heterocycles. The van der Waals surface area contributed by atoms with E-state index >= 15 is 0 Å². The number of aromatic nitrogens is 2. The minimum atomic E-state index is 0.906. The number of thiophene rings is 1. The van der Waals surface area contributed by atoms with Crippen LogP contribution in [0.5, 0.6) is 0 Å². The predicted octanol–water partition coefficient (Wildman–Crippen LogP) is 9.51. The Morgan fingerprint density at radius 2 is 0.811 bits per heavy atom. The molecular formula is C34H22N2S. The molecule has 0 spiro atoms. The van der Waals surface area contributed by atoms with E-state index < -0.39 is 0 Å². The van der Waals surface area contributed by atoms with Gasteiger partial charge in [-0.3, -0.25) is 0 Å². The summed E-state index contributed by atoms with van der Waals surface area (Å²) in [5.41, 5.74) is 9.69. The summed E-state index contributed by atoms with van der Waals surface area (Å²) in [6, 6.07) is 46.7. The third kappa shape index (κ3) is 4.00. The largest absolute Gasteiger partial charge is 0.242 e. The van der Waals surface area contributed by atoms with E-state index in [2.05, 4.69) is 121 Å². The van der Waals surface area contributed by atoms with Gasteiger partial charge in [0.1, 0.15) is 10.3 Å². The molecule has 2 heterocycles. The van der Waals surface area contributed by atoms with Gasteiger partial charge in [0, 0.05) is 21.2 Å². The van der Waals surface area contributed by atoms with Gasteiger partial charge < -0.3 is 0 Å². The Bertz CT molecular complexity index is 1840. The zero-order chi connectivity index (χ0) is 24.6. The lowest BCUT2D eigenvalue weighted by atomic mass is 9.98. The van der Waals surface area contributed by atoms with Gasteiger partial charge in [0.2, 0.25) is 0 Å². The van der Waals surface area contributed by atoms with Crippen LogP contribution in [0.4, 0.5) is 0 Å². The van der Waals surface area contributed by atoms with E-state index in [9.17, 15) is 0 Å². The Morgan fingerprint density at radius 1 is 0.378 bits per heavy atom. The zero-order valence-electron chi connectivity index (χ0n) is 20.0. The zero-order valence-corrected chi connectivity index (χ0v) is 20.8. The monoisotopic (exact) mass is 490 g/mol. The SMILES string of the molecule is c1ccc(-c2ccc(-c3nc4sc5ccccc5c4nc3-c3ccc(-c4ccccc4)cc3)cc2)cc1. The summed E-state index contributed by atoms with van der Waals surface area (Å²) >= 11 is 1.70. The molecule has 37 heavy (non-hydrogen) atoms. The van der Waals surface area contributed by atoms with Gasteiger partial charge in [-0.2, -0.15) is 0 Å². The van der Waals surface area contributed by atoms with Crippen LogP contribution in [0.25, 0.3) is 65.2 Å². The molecule has 0 fully saturated rings. The predicted molar refractivity (Wildman–Crippen MR) is 157 cm³/mol. The normalized spacial score (nSPS) is 11.2. The van der Waals surface area contributed by atoms with Gasteiger partial charge >= 0.3 is 0 Å². The van der Waals surface area contributed by atoms with Gasteiger partial charge in [0.15, 0.2) is 0 Å². The second-order valence-electron chi connectivity index (χ2n) is 9.06. The second kappa shape index (κ2) is 9.12. The van der Waals surface area contributed by atoms with Gasteiger partial charge in [-0.05, 0) is 28.3 Å². The number of benzene rings is 5. The van der Waals surface area contributed by atoms with Crippen molar-refractivity contribution in [2.24, 2.45) is 0 Å². The number of rotatable bonds is 4. The lowest BCUT2D eigenvalue weighted by Gasteiger charge is -2.11. The topological polar surface area (TPSA) is 25.8 Å². The molecule has 0 aliphatic carbocycles. The van der Waals surface area contributed by atoms with Crippen LogP contribution in [0.1, 0.15) is 0 Å². The van der Waals surface area contributed by atoms with Crippen LogP contribution in [0.15, 0.2) is 133 Å². The van der Waals surface area contributed by atoms with E-state index in [0.29, 0.717) is 0 Å². The van der Waals surface area contributed by atoms with E-state index in [1.165, 1.54) is 27.0 Å². The van der Waals surface area contributed by atoms with Crippen molar-refractivity contribution < 1.29 is 0 Å². The molecule has 0 bridgehead atoms. The molecule has 174 valence electrons. The molecule has 3 heteroatoms. The van der Waals surface area contributed by atoms with Crippen molar-refractivity contribution in [3.05, 3.63) is 133 Å². The summed E-state index contributed by atoms with van der Waals surface area (Å²) in [6.07, 6.45) is 0. The van der Waals surface area contributed by atoms with E-state index in [0.717, 1.165) is 38.2 Å². The molecule has 0 aliphatic heterocycles.